The molecule has 1 aliphatic heterocycles. The van der Waals surface area contributed by atoms with Crippen LogP contribution < -0.4 is 14.4 Å². The lowest BCUT2D eigenvalue weighted by Crippen LogP contribution is -3.14. The minimum atomic E-state index is 0.695. The van der Waals surface area contributed by atoms with Gasteiger partial charge < -0.3 is 19.1 Å². The van der Waals surface area contributed by atoms with Gasteiger partial charge in [0.05, 0.1) is 19.8 Å². The number of quaternary nitrogens is 1. The smallest absolute Gasteiger partial charge is 0.137 e. The first kappa shape index (κ1) is 13.2. The monoisotopic (exact) mass is 252 g/mol. The fourth-order valence-corrected chi connectivity index (χ4v) is 2.02. The molecule has 1 aromatic carbocycles. The second-order valence-electron chi connectivity index (χ2n) is 4.37. The summed E-state index contributed by atoms with van der Waals surface area (Å²) in [4.78, 5) is 1.56. The van der Waals surface area contributed by atoms with Crippen molar-refractivity contribution in [1.29, 1.82) is 0 Å². The summed E-state index contributed by atoms with van der Waals surface area (Å²) < 4.78 is 16.4. The minimum absolute atomic E-state index is 0.695. The van der Waals surface area contributed by atoms with E-state index in [9.17, 15) is 0 Å². The van der Waals surface area contributed by atoms with Crippen LogP contribution in [0.25, 0.3) is 0 Å². The third-order valence-electron chi connectivity index (χ3n) is 3.06. The Bertz CT molecular complexity index is 333. The summed E-state index contributed by atoms with van der Waals surface area (Å²) in [7, 11) is 0. The predicted molar refractivity (Wildman–Crippen MR) is 69.5 cm³/mol. The lowest BCUT2D eigenvalue weighted by molar-refractivity contribution is -0.908. The molecule has 2 rings (SSSR count). The first-order valence-corrected chi connectivity index (χ1v) is 6.65. The largest absolute Gasteiger partial charge is 0.494 e. The van der Waals surface area contributed by atoms with Crippen LogP contribution in [0, 0.1) is 0 Å². The molecular formula is C14H22NO3+. The highest BCUT2D eigenvalue weighted by molar-refractivity contribution is 5.31. The molecule has 1 saturated heterocycles. The zero-order valence-corrected chi connectivity index (χ0v) is 11.0. The van der Waals surface area contributed by atoms with Gasteiger partial charge in [-0.25, -0.2) is 0 Å². The molecule has 100 valence electrons. The average molecular weight is 252 g/mol. The van der Waals surface area contributed by atoms with Gasteiger partial charge in [-0.2, -0.15) is 0 Å². The second-order valence-corrected chi connectivity index (χ2v) is 4.37. The maximum absolute atomic E-state index is 5.72. The van der Waals surface area contributed by atoms with E-state index in [-0.39, 0.29) is 0 Å². The zero-order valence-electron chi connectivity index (χ0n) is 11.0. The van der Waals surface area contributed by atoms with E-state index in [1.807, 2.05) is 31.2 Å². The molecule has 0 bridgehead atoms. The van der Waals surface area contributed by atoms with Gasteiger partial charge in [0.1, 0.15) is 37.7 Å². The molecule has 0 aromatic heterocycles. The SMILES string of the molecule is CCOc1ccc(OCC[NH+]2CCOCC2)cc1. The Labute approximate surface area is 108 Å². The third-order valence-corrected chi connectivity index (χ3v) is 3.06. The third kappa shape index (κ3) is 4.20. The summed E-state index contributed by atoms with van der Waals surface area (Å²) in [5.74, 6) is 1.80. The number of hydrogen-bond acceptors (Lipinski definition) is 3. The quantitative estimate of drug-likeness (QED) is 0.794. The number of rotatable bonds is 6. The van der Waals surface area contributed by atoms with E-state index >= 15 is 0 Å². The first-order chi connectivity index (χ1) is 8.88. The Morgan fingerprint density at radius 1 is 1.06 bits per heavy atom. The van der Waals surface area contributed by atoms with Crippen LogP contribution in [0.4, 0.5) is 0 Å². The van der Waals surface area contributed by atoms with Gasteiger partial charge in [0.25, 0.3) is 0 Å². The highest BCUT2D eigenvalue weighted by Gasteiger charge is 2.13. The van der Waals surface area contributed by atoms with Crippen molar-refractivity contribution in [2.45, 2.75) is 6.92 Å². The van der Waals surface area contributed by atoms with Gasteiger partial charge in [0.2, 0.25) is 0 Å². The van der Waals surface area contributed by atoms with Gasteiger partial charge in [-0.3, -0.25) is 0 Å². The molecule has 4 heteroatoms. The van der Waals surface area contributed by atoms with Crippen LogP contribution in [0.3, 0.4) is 0 Å². The van der Waals surface area contributed by atoms with Gasteiger partial charge in [-0.15, -0.1) is 0 Å². The zero-order chi connectivity index (χ0) is 12.6. The van der Waals surface area contributed by atoms with Crippen molar-refractivity contribution in [3.05, 3.63) is 24.3 Å². The van der Waals surface area contributed by atoms with E-state index in [0.717, 1.165) is 51.0 Å². The molecule has 0 saturated carbocycles. The predicted octanol–water partition coefficient (Wildman–Crippen LogP) is 0.379. The Morgan fingerprint density at radius 2 is 1.67 bits per heavy atom. The Balaban J connectivity index is 1.69. The molecule has 18 heavy (non-hydrogen) atoms. The van der Waals surface area contributed by atoms with Crippen LogP contribution in [0.15, 0.2) is 24.3 Å². The van der Waals surface area contributed by atoms with Crippen LogP contribution >= 0.6 is 0 Å². The standard InChI is InChI=1S/C14H21NO3/c1-2-17-13-3-5-14(6-4-13)18-12-9-15-7-10-16-11-8-15/h3-6H,2,7-12H2,1H3/p+1. The molecule has 1 N–H and O–H groups in total. The maximum Gasteiger partial charge on any atom is 0.137 e. The highest BCUT2D eigenvalue weighted by atomic mass is 16.5. The molecule has 0 aliphatic carbocycles. The van der Waals surface area contributed by atoms with E-state index < -0.39 is 0 Å². The van der Waals surface area contributed by atoms with Crippen molar-refractivity contribution in [2.24, 2.45) is 0 Å². The molecule has 4 nitrogen and oxygen atoms in total. The van der Waals surface area contributed by atoms with E-state index in [0.29, 0.717) is 6.61 Å². The average Bonchev–Trinajstić information content (AvgIpc) is 2.42. The number of hydrogen-bond donors (Lipinski definition) is 1. The fraction of sp³-hybridized carbons (Fsp3) is 0.571. The summed E-state index contributed by atoms with van der Waals surface area (Å²) in [6, 6.07) is 7.81. The first-order valence-electron chi connectivity index (χ1n) is 6.65. The summed E-state index contributed by atoms with van der Waals surface area (Å²) in [5.41, 5.74) is 0. The number of morpholine rings is 1. The Morgan fingerprint density at radius 3 is 2.28 bits per heavy atom. The summed E-state index contributed by atoms with van der Waals surface area (Å²) in [6.07, 6.45) is 0. The lowest BCUT2D eigenvalue weighted by atomic mass is 10.3. The van der Waals surface area contributed by atoms with Crippen molar-refractivity contribution in [1.82, 2.24) is 0 Å². The van der Waals surface area contributed by atoms with Crippen LogP contribution in [0.2, 0.25) is 0 Å². The van der Waals surface area contributed by atoms with Gasteiger partial charge >= 0.3 is 0 Å². The summed E-state index contributed by atoms with van der Waals surface area (Å²) >= 11 is 0. The van der Waals surface area contributed by atoms with Crippen LogP contribution in [-0.4, -0.2) is 46.1 Å². The van der Waals surface area contributed by atoms with Crippen molar-refractivity contribution >= 4 is 0 Å². The number of nitrogens with one attached hydrogen (secondary N) is 1. The molecule has 0 atom stereocenters. The maximum atomic E-state index is 5.72. The van der Waals surface area contributed by atoms with Crippen molar-refractivity contribution in [3.8, 4) is 11.5 Å². The van der Waals surface area contributed by atoms with Crippen LogP contribution in [0.5, 0.6) is 11.5 Å². The molecule has 0 spiro atoms. The normalized spacial score (nSPS) is 16.5. The summed E-state index contributed by atoms with van der Waals surface area (Å²) in [5, 5.41) is 0. The van der Waals surface area contributed by atoms with E-state index in [4.69, 9.17) is 14.2 Å². The van der Waals surface area contributed by atoms with Crippen LogP contribution in [-0.2, 0) is 4.74 Å². The molecule has 0 amide bonds. The minimum Gasteiger partial charge on any atom is -0.494 e. The van der Waals surface area contributed by atoms with Crippen molar-refractivity contribution in [2.75, 3.05) is 46.1 Å². The van der Waals surface area contributed by atoms with E-state index in [2.05, 4.69) is 0 Å². The van der Waals surface area contributed by atoms with Gasteiger partial charge in [-0.1, -0.05) is 0 Å². The van der Waals surface area contributed by atoms with Crippen molar-refractivity contribution in [3.63, 3.8) is 0 Å². The fourth-order valence-electron chi connectivity index (χ4n) is 2.02. The lowest BCUT2D eigenvalue weighted by Gasteiger charge is -2.23. The van der Waals surface area contributed by atoms with E-state index in [1.54, 1.807) is 4.90 Å². The topological polar surface area (TPSA) is 32.1 Å². The Kier molecular flexibility index (Phi) is 5.30. The second kappa shape index (κ2) is 7.24. The molecular weight excluding hydrogens is 230 g/mol. The highest BCUT2D eigenvalue weighted by Crippen LogP contribution is 2.17. The Hall–Kier alpha value is -1.26. The molecule has 1 fully saturated rings. The molecule has 1 aliphatic rings. The van der Waals surface area contributed by atoms with Crippen molar-refractivity contribution < 1.29 is 19.1 Å². The number of ether oxygens (including phenoxy) is 3. The van der Waals surface area contributed by atoms with Gasteiger partial charge in [-0.05, 0) is 31.2 Å². The molecule has 0 unspecified atom stereocenters. The van der Waals surface area contributed by atoms with E-state index in [1.165, 1.54) is 0 Å². The van der Waals surface area contributed by atoms with Gasteiger partial charge in [0.15, 0.2) is 0 Å². The molecule has 0 radical (unpaired) electrons. The number of benzene rings is 1. The van der Waals surface area contributed by atoms with Crippen LogP contribution in [0.1, 0.15) is 6.92 Å². The molecule has 1 heterocycles. The molecule has 1 aromatic rings. The van der Waals surface area contributed by atoms with Gasteiger partial charge in [0, 0.05) is 0 Å². The summed E-state index contributed by atoms with van der Waals surface area (Å²) in [6.45, 7) is 8.39.